The molecule has 0 aromatic carbocycles. The zero-order chi connectivity index (χ0) is 12.8. The predicted octanol–water partition coefficient (Wildman–Crippen LogP) is 3.18. The number of rotatable bonds is 3. The Morgan fingerprint density at radius 1 is 1.25 bits per heavy atom. The molecule has 7 heteroatoms. The smallest absolute Gasteiger partial charge is 0.435 e. The average molecular weight is 262 g/mol. The molecular weight excluding hydrogens is 241 g/mol. The van der Waals surface area contributed by atoms with Crippen molar-refractivity contribution in [1.29, 1.82) is 0 Å². The van der Waals surface area contributed by atoms with Gasteiger partial charge < -0.3 is 17.7 Å². The summed E-state index contributed by atoms with van der Waals surface area (Å²) in [7, 11) is 1.81. The maximum Gasteiger partial charge on any atom is 0.576 e. The van der Waals surface area contributed by atoms with Crippen LogP contribution >= 0.6 is 11.5 Å². The summed E-state index contributed by atoms with van der Waals surface area (Å²) in [5, 5.41) is 0. The van der Waals surface area contributed by atoms with Gasteiger partial charge in [-0.2, -0.15) is 0 Å². The monoisotopic (exact) mass is 261 g/mol. The zero-order valence-corrected chi connectivity index (χ0v) is 10.8. The number of hydrogen-bond acceptors (Lipinski definition) is 1. The van der Waals surface area contributed by atoms with Gasteiger partial charge in [0.25, 0.3) is 0 Å². The van der Waals surface area contributed by atoms with Crippen molar-refractivity contribution in [3.8, 4) is 0 Å². The number of quaternary nitrogens is 1. The number of ether oxygens (including phenoxy) is 1. The summed E-state index contributed by atoms with van der Waals surface area (Å²) >= 11 is 3.59. The molecule has 1 rings (SSSR count). The Hall–Kier alpha value is 0.0649. The summed E-state index contributed by atoms with van der Waals surface area (Å²) < 4.78 is 37.0. The maximum atomic E-state index is 10.2. The summed E-state index contributed by atoms with van der Waals surface area (Å²) in [4.78, 5) is 0. The number of nitrogens with zero attached hydrogens (tertiary/aromatic N) is 1. The molecule has 1 fully saturated rings. The lowest BCUT2D eigenvalue weighted by Gasteiger charge is -2.37. The molecule has 1 heterocycles. The first-order valence-electron chi connectivity index (χ1n) is 5.43. The lowest BCUT2D eigenvalue weighted by atomic mass is 10.3. The largest absolute Gasteiger partial charge is 0.576 e. The molecule has 0 atom stereocenters. The molecule has 0 aromatic rings. The maximum absolute atomic E-state index is 10.2. The molecule has 2 nitrogen and oxygen atoms in total. The first-order chi connectivity index (χ1) is 7.21. The third-order valence-electron chi connectivity index (χ3n) is 2.94. The van der Waals surface area contributed by atoms with Gasteiger partial charge in [-0.15, -0.1) is 0 Å². The first kappa shape index (κ1) is 16.1. The van der Waals surface area contributed by atoms with Crippen LogP contribution in [-0.4, -0.2) is 43.8 Å². The molecule has 0 spiro atoms. The van der Waals surface area contributed by atoms with E-state index >= 15 is 0 Å². The molecule has 0 bridgehead atoms. The Labute approximate surface area is 100 Å². The first-order valence-corrected chi connectivity index (χ1v) is 5.87. The van der Waals surface area contributed by atoms with Crippen LogP contribution in [0, 0.1) is 0 Å². The summed E-state index contributed by atoms with van der Waals surface area (Å²) in [6.45, 7) is 8.11. The molecule has 0 amide bonds. The second-order valence-corrected chi connectivity index (χ2v) is 4.87. The number of methoxy groups -OCH3 is 1. The number of likely N-dealkylation sites (tertiary alicyclic amines) is 1. The van der Waals surface area contributed by atoms with Crippen molar-refractivity contribution in [1.82, 2.24) is 0 Å². The van der Waals surface area contributed by atoms with E-state index in [1.54, 1.807) is 7.11 Å². The highest BCUT2D eigenvalue weighted by atomic mass is 35.5. The minimum Gasteiger partial charge on any atom is -0.435 e. The number of halogens is 4. The third kappa shape index (κ3) is 6.61. The number of hydrogen-bond donors (Lipinski definition) is 0. The second-order valence-electron chi connectivity index (χ2n) is 4.38. The molecule has 0 saturated carbocycles. The SMILES string of the molecule is COC[N+]1(C(C)C)CCCC1.F[B-](F)(F)Cl. The molecular formula is C9H20BClF3NO. The van der Waals surface area contributed by atoms with Crippen molar-refractivity contribution in [2.45, 2.75) is 32.7 Å². The molecule has 0 unspecified atom stereocenters. The highest BCUT2D eigenvalue weighted by molar-refractivity contribution is 7.08. The third-order valence-corrected chi connectivity index (χ3v) is 2.94. The van der Waals surface area contributed by atoms with E-state index in [2.05, 4.69) is 25.3 Å². The van der Waals surface area contributed by atoms with Crippen LogP contribution in [0.25, 0.3) is 0 Å². The minimum absolute atomic E-state index is 0.720. The highest BCUT2D eigenvalue weighted by Crippen LogP contribution is 2.22. The van der Waals surface area contributed by atoms with Crippen LogP contribution in [0.5, 0.6) is 0 Å². The highest BCUT2D eigenvalue weighted by Gasteiger charge is 2.34. The van der Waals surface area contributed by atoms with E-state index in [1.807, 2.05) is 0 Å². The molecule has 1 aliphatic rings. The van der Waals surface area contributed by atoms with Crippen molar-refractivity contribution in [2.75, 3.05) is 26.9 Å². The second kappa shape index (κ2) is 6.72. The van der Waals surface area contributed by atoms with Crippen LogP contribution < -0.4 is 0 Å². The van der Waals surface area contributed by atoms with Crippen LogP contribution in [0.2, 0.25) is 0 Å². The van der Waals surface area contributed by atoms with Gasteiger partial charge >= 0.3 is 6.39 Å². The molecule has 0 N–H and O–H groups in total. The van der Waals surface area contributed by atoms with Gasteiger partial charge in [0.05, 0.1) is 19.1 Å². The lowest BCUT2D eigenvalue weighted by molar-refractivity contribution is -0.953. The van der Waals surface area contributed by atoms with E-state index < -0.39 is 6.39 Å². The standard InChI is InChI=1S/C9H20NO.BClF3/c1-9(2)10(8-11-3)6-4-5-7-10;2-1(3,4)5/h9H,4-8H2,1-3H3;/q+1;-1. The quantitative estimate of drug-likeness (QED) is 0.560. The fourth-order valence-corrected chi connectivity index (χ4v) is 2.02. The van der Waals surface area contributed by atoms with Gasteiger partial charge in [-0.25, -0.2) is 0 Å². The van der Waals surface area contributed by atoms with Gasteiger partial charge in [-0.1, -0.05) is 0 Å². The van der Waals surface area contributed by atoms with Crippen LogP contribution in [0.1, 0.15) is 26.7 Å². The normalized spacial score (nSPS) is 19.5. The molecule has 0 aromatic heterocycles. The van der Waals surface area contributed by atoms with Crippen LogP contribution in [0.3, 0.4) is 0 Å². The van der Waals surface area contributed by atoms with E-state index in [-0.39, 0.29) is 0 Å². The Kier molecular flexibility index (Phi) is 6.74. The molecule has 0 aliphatic carbocycles. The van der Waals surface area contributed by atoms with Crippen molar-refractivity contribution >= 4 is 17.9 Å². The van der Waals surface area contributed by atoms with Crippen molar-refractivity contribution in [3.05, 3.63) is 0 Å². The topological polar surface area (TPSA) is 9.23 Å². The minimum atomic E-state index is -5.03. The summed E-state index contributed by atoms with van der Waals surface area (Å²) in [6, 6.07) is 0.720. The average Bonchev–Trinajstić information content (AvgIpc) is 2.51. The molecule has 0 radical (unpaired) electrons. The van der Waals surface area contributed by atoms with Gasteiger partial charge in [0.1, 0.15) is 0 Å². The van der Waals surface area contributed by atoms with E-state index in [0.717, 1.165) is 12.8 Å². The van der Waals surface area contributed by atoms with E-state index in [1.165, 1.54) is 30.4 Å². The van der Waals surface area contributed by atoms with E-state index in [4.69, 9.17) is 4.74 Å². The van der Waals surface area contributed by atoms with Gasteiger partial charge in [0.2, 0.25) is 0 Å². The van der Waals surface area contributed by atoms with Crippen LogP contribution in [0.15, 0.2) is 0 Å². The fourth-order valence-electron chi connectivity index (χ4n) is 2.02. The molecule has 1 aliphatic heterocycles. The van der Waals surface area contributed by atoms with Gasteiger partial charge in [0.15, 0.2) is 6.73 Å². The van der Waals surface area contributed by atoms with Gasteiger partial charge in [-0.05, 0) is 13.8 Å². The summed E-state index contributed by atoms with van der Waals surface area (Å²) in [5.74, 6) is 0. The Morgan fingerprint density at radius 2 is 1.62 bits per heavy atom. The van der Waals surface area contributed by atoms with Gasteiger partial charge in [-0.3, -0.25) is 15.9 Å². The summed E-state index contributed by atoms with van der Waals surface area (Å²) in [5.41, 5.74) is 0. The lowest BCUT2D eigenvalue weighted by Crippen LogP contribution is -2.51. The van der Waals surface area contributed by atoms with E-state index in [9.17, 15) is 12.9 Å². The summed E-state index contributed by atoms with van der Waals surface area (Å²) in [6.07, 6.45) is -2.27. The fraction of sp³-hybridized carbons (Fsp3) is 1.00. The zero-order valence-electron chi connectivity index (χ0n) is 10.1. The molecule has 16 heavy (non-hydrogen) atoms. The Bertz CT molecular complexity index is 190. The Morgan fingerprint density at radius 3 is 1.88 bits per heavy atom. The van der Waals surface area contributed by atoms with Crippen molar-refractivity contribution in [3.63, 3.8) is 0 Å². The van der Waals surface area contributed by atoms with Crippen LogP contribution in [-0.2, 0) is 4.74 Å². The molecule has 98 valence electrons. The van der Waals surface area contributed by atoms with Crippen molar-refractivity contribution < 1.29 is 22.2 Å². The molecule has 1 saturated heterocycles. The van der Waals surface area contributed by atoms with Gasteiger partial charge in [0, 0.05) is 20.0 Å². The predicted molar refractivity (Wildman–Crippen MR) is 61.2 cm³/mol. The Balaban J connectivity index is 0.000000385. The van der Waals surface area contributed by atoms with E-state index in [0.29, 0.717) is 0 Å². The van der Waals surface area contributed by atoms with Crippen molar-refractivity contribution in [2.24, 2.45) is 0 Å². The van der Waals surface area contributed by atoms with Crippen LogP contribution in [0.4, 0.5) is 12.9 Å².